The molecular weight excluding hydrogens is 510 g/mol. The highest BCUT2D eigenvalue weighted by atomic mass is 16.5. The van der Waals surface area contributed by atoms with E-state index in [1.807, 2.05) is 37.3 Å². The Morgan fingerprint density at radius 3 is 2.70 bits per heavy atom. The van der Waals surface area contributed by atoms with E-state index in [0.717, 1.165) is 30.8 Å². The largest absolute Gasteiger partial charge is 0.488 e. The topological polar surface area (TPSA) is 107 Å². The van der Waals surface area contributed by atoms with Crippen LogP contribution < -0.4 is 10.1 Å². The Hall–Kier alpha value is -3.05. The number of amides is 2. The van der Waals surface area contributed by atoms with Crippen LogP contribution in [0.5, 0.6) is 5.75 Å². The van der Waals surface area contributed by atoms with Crippen molar-refractivity contribution in [3.8, 4) is 5.75 Å². The molecule has 0 saturated carbocycles. The summed E-state index contributed by atoms with van der Waals surface area (Å²) in [4.78, 5) is 36.4. The molecule has 2 aliphatic heterocycles. The molecule has 2 aliphatic rings. The van der Waals surface area contributed by atoms with E-state index in [4.69, 9.17) is 9.47 Å². The van der Waals surface area contributed by atoms with Gasteiger partial charge in [-0.1, -0.05) is 6.92 Å². The average molecular weight is 554 g/mol. The zero-order valence-electron chi connectivity index (χ0n) is 23.9. The molecule has 0 spiro atoms. The van der Waals surface area contributed by atoms with Crippen LogP contribution in [-0.4, -0.2) is 108 Å². The van der Waals surface area contributed by atoms with Crippen LogP contribution >= 0.6 is 0 Å². The van der Waals surface area contributed by atoms with Gasteiger partial charge in [-0.15, -0.1) is 0 Å². The van der Waals surface area contributed by atoms with Gasteiger partial charge >= 0.3 is 0 Å². The number of morpholine rings is 1. The lowest BCUT2D eigenvalue weighted by Gasteiger charge is -2.34. The van der Waals surface area contributed by atoms with Gasteiger partial charge in [0.25, 0.3) is 0 Å². The monoisotopic (exact) mass is 553 g/mol. The second-order valence-electron chi connectivity index (χ2n) is 11.0. The third-order valence-corrected chi connectivity index (χ3v) is 7.65. The number of pyridine rings is 1. The number of ether oxygens (including phenoxy) is 2. The van der Waals surface area contributed by atoms with E-state index in [0.29, 0.717) is 50.7 Å². The molecule has 2 amide bonds. The van der Waals surface area contributed by atoms with Gasteiger partial charge in [0.1, 0.15) is 11.9 Å². The third-order valence-electron chi connectivity index (χ3n) is 7.65. The highest BCUT2D eigenvalue weighted by Crippen LogP contribution is 2.29. The number of carbonyl (C=O) groups excluding carboxylic acids is 2. The molecule has 3 heterocycles. The molecule has 0 bridgehead atoms. The van der Waals surface area contributed by atoms with Crippen LogP contribution in [-0.2, 0) is 27.3 Å². The minimum Gasteiger partial charge on any atom is -0.488 e. The Balaban J connectivity index is 1.50. The van der Waals surface area contributed by atoms with Crippen molar-refractivity contribution >= 4 is 17.5 Å². The predicted molar refractivity (Wildman–Crippen MR) is 153 cm³/mol. The molecule has 3 atom stereocenters. The predicted octanol–water partition coefficient (Wildman–Crippen LogP) is 2.02. The summed E-state index contributed by atoms with van der Waals surface area (Å²) in [6.07, 6.45) is 3.90. The van der Waals surface area contributed by atoms with Gasteiger partial charge in [0.15, 0.2) is 0 Å². The van der Waals surface area contributed by atoms with Crippen molar-refractivity contribution in [3.63, 3.8) is 0 Å². The van der Waals surface area contributed by atoms with Crippen LogP contribution in [0.4, 0.5) is 5.69 Å². The van der Waals surface area contributed by atoms with Gasteiger partial charge in [0.05, 0.1) is 32.3 Å². The molecule has 218 valence electrons. The molecule has 1 aromatic heterocycles. The Labute approximate surface area is 237 Å². The maximum absolute atomic E-state index is 13.4. The number of hydrogen-bond acceptors (Lipinski definition) is 8. The van der Waals surface area contributed by atoms with E-state index in [1.54, 1.807) is 17.3 Å². The zero-order valence-corrected chi connectivity index (χ0v) is 23.9. The average Bonchev–Trinajstić information content (AvgIpc) is 3.00. The molecule has 2 N–H and O–H groups in total. The van der Waals surface area contributed by atoms with E-state index in [1.165, 1.54) is 0 Å². The number of aliphatic hydroxyl groups is 1. The zero-order chi connectivity index (χ0) is 28.5. The number of aromatic nitrogens is 1. The molecule has 0 radical (unpaired) electrons. The first-order chi connectivity index (χ1) is 19.3. The first kappa shape index (κ1) is 29.9. The number of benzene rings is 1. The minimum absolute atomic E-state index is 0.0170. The fourth-order valence-corrected chi connectivity index (χ4v) is 5.20. The van der Waals surface area contributed by atoms with Crippen molar-refractivity contribution in [2.45, 2.75) is 45.4 Å². The second-order valence-corrected chi connectivity index (χ2v) is 11.0. The maximum Gasteiger partial charge on any atom is 0.227 e. The third kappa shape index (κ3) is 8.47. The van der Waals surface area contributed by atoms with E-state index in [-0.39, 0.29) is 42.9 Å². The maximum atomic E-state index is 13.4. The van der Waals surface area contributed by atoms with Crippen LogP contribution in [0.15, 0.2) is 42.7 Å². The number of likely N-dealkylation sites (N-methyl/N-ethyl adjacent to an activating group) is 1. The van der Waals surface area contributed by atoms with Crippen molar-refractivity contribution in [1.82, 2.24) is 19.7 Å². The lowest BCUT2D eigenvalue weighted by Crippen LogP contribution is -2.47. The molecule has 0 unspecified atom stereocenters. The number of nitrogens with zero attached hydrogens (tertiary/aromatic N) is 4. The number of anilines is 1. The van der Waals surface area contributed by atoms with Gasteiger partial charge < -0.3 is 24.8 Å². The van der Waals surface area contributed by atoms with Crippen molar-refractivity contribution in [2.24, 2.45) is 5.92 Å². The first-order valence-corrected chi connectivity index (χ1v) is 14.2. The quantitative estimate of drug-likeness (QED) is 0.460. The van der Waals surface area contributed by atoms with Crippen molar-refractivity contribution < 1.29 is 24.2 Å². The molecule has 1 fully saturated rings. The Morgan fingerprint density at radius 1 is 1.23 bits per heavy atom. The van der Waals surface area contributed by atoms with Crippen LogP contribution in [0, 0.1) is 5.92 Å². The molecule has 40 heavy (non-hydrogen) atoms. The highest BCUT2D eigenvalue weighted by Gasteiger charge is 2.31. The lowest BCUT2D eigenvalue weighted by atomic mass is 10.0. The number of rotatable bonds is 10. The highest BCUT2D eigenvalue weighted by molar-refractivity contribution is 5.91. The molecule has 1 saturated heterocycles. The van der Waals surface area contributed by atoms with Gasteiger partial charge in [0, 0.05) is 75.3 Å². The summed E-state index contributed by atoms with van der Waals surface area (Å²) < 4.78 is 12.0. The first-order valence-electron chi connectivity index (χ1n) is 14.2. The van der Waals surface area contributed by atoms with Crippen molar-refractivity contribution in [3.05, 3.63) is 53.9 Å². The van der Waals surface area contributed by atoms with Gasteiger partial charge in [-0.25, -0.2) is 0 Å². The SMILES string of the molecule is C[C@@H]1CN([C@@H](C)CO)C(=O)Cc2cc(NC(=O)CCN3CCOCC3)ccc2O[C@H]1CN(C)Cc1ccncc1. The normalized spacial score (nSPS) is 21.1. The van der Waals surface area contributed by atoms with Crippen molar-refractivity contribution in [2.75, 3.05) is 64.9 Å². The van der Waals surface area contributed by atoms with E-state index >= 15 is 0 Å². The van der Waals surface area contributed by atoms with Crippen LogP contribution in [0.25, 0.3) is 0 Å². The Morgan fingerprint density at radius 2 is 1.98 bits per heavy atom. The van der Waals surface area contributed by atoms with Crippen molar-refractivity contribution in [1.29, 1.82) is 0 Å². The summed E-state index contributed by atoms with van der Waals surface area (Å²) in [5, 5.41) is 12.9. The number of fused-ring (bicyclic) bond motifs is 1. The van der Waals surface area contributed by atoms with Gasteiger partial charge in [0.2, 0.25) is 11.8 Å². The molecule has 1 aromatic carbocycles. The van der Waals surface area contributed by atoms with E-state index < -0.39 is 0 Å². The number of hydrogen-bond donors (Lipinski definition) is 2. The lowest BCUT2D eigenvalue weighted by molar-refractivity contribution is -0.134. The van der Waals surface area contributed by atoms with Gasteiger partial charge in [-0.05, 0) is 49.9 Å². The molecule has 4 rings (SSSR count). The summed E-state index contributed by atoms with van der Waals surface area (Å²) in [7, 11) is 2.05. The van der Waals surface area contributed by atoms with E-state index in [9.17, 15) is 14.7 Å². The smallest absolute Gasteiger partial charge is 0.227 e. The van der Waals surface area contributed by atoms with E-state index in [2.05, 4.69) is 34.1 Å². The van der Waals surface area contributed by atoms with Crippen LogP contribution in [0.2, 0.25) is 0 Å². The Bertz CT molecular complexity index is 1110. The molecule has 0 aliphatic carbocycles. The molecular formula is C30H43N5O5. The summed E-state index contributed by atoms with van der Waals surface area (Å²) in [5.41, 5.74) is 2.53. The number of aliphatic hydroxyl groups excluding tert-OH is 1. The van der Waals surface area contributed by atoms with Gasteiger partial charge in [-0.2, -0.15) is 0 Å². The second kappa shape index (κ2) is 14.5. The summed E-state index contributed by atoms with van der Waals surface area (Å²) in [5.74, 6) is 0.525. The fraction of sp³-hybridized carbons (Fsp3) is 0.567. The minimum atomic E-state index is -0.310. The number of nitrogens with one attached hydrogen (secondary N) is 1. The standard InChI is InChI=1S/C30H43N5O5/c1-22-18-35(23(2)21-36)30(38)17-25-16-26(32-29(37)8-11-34-12-14-39-15-13-34)4-5-27(25)40-28(22)20-33(3)19-24-6-9-31-10-7-24/h4-7,9-10,16,22-23,28,36H,8,11-15,17-21H2,1-3H3,(H,32,37)/t22-,23+,28+/m1/s1. The summed E-state index contributed by atoms with van der Waals surface area (Å²) in [6.45, 7) is 9.47. The fourth-order valence-electron chi connectivity index (χ4n) is 5.20. The Kier molecular flexibility index (Phi) is 10.9. The number of carbonyl (C=O) groups is 2. The molecule has 10 heteroatoms. The van der Waals surface area contributed by atoms with Gasteiger partial charge in [-0.3, -0.25) is 24.4 Å². The molecule has 2 aromatic rings. The van der Waals surface area contributed by atoms with Crippen LogP contribution in [0.3, 0.4) is 0 Å². The van der Waals surface area contributed by atoms with Crippen LogP contribution in [0.1, 0.15) is 31.4 Å². The molecule has 10 nitrogen and oxygen atoms in total. The summed E-state index contributed by atoms with van der Waals surface area (Å²) >= 11 is 0. The summed E-state index contributed by atoms with van der Waals surface area (Å²) in [6, 6.07) is 9.22.